The van der Waals surface area contributed by atoms with E-state index in [0.29, 0.717) is 128 Å². The summed E-state index contributed by atoms with van der Waals surface area (Å²) in [4.78, 5) is 11.9. The summed E-state index contributed by atoms with van der Waals surface area (Å²) >= 11 is 0. The first-order chi connectivity index (χ1) is 56.0. The molecule has 7 saturated carbocycles. The SMILES string of the molecule is CCC(C)c1ccc(OS(=O)(=O)C2C(O)C3CC2C2OC32)cc1.CCC(C)c1ccc(OS(=O)(=O)C2CC3OC3CC2O)cc1.CCC(C)c1ccc(OS(=O)(=O)C2CCC(C3COC3)CC2)cc1.CCC(C)c1ccc(OS(=O)(=O)C2CCC3(C)COC3C2)cc1.CCC(C)c1ccc(OS(=O)(=O)C2CCC3C(CC(=O)C4OC43)C2)cc1. The highest BCUT2D eigenvalue weighted by atomic mass is 32.2. The van der Waals surface area contributed by atoms with Gasteiger partial charge in [-0.1, -0.05) is 137 Å². The van der Waals surface area contributed by atoms with Crippen LogP contribution < -0.4 is 20.9 Å². The summed E-state index contributed by atoms with van der Waals surface area (Å²) in [7, 11) is -18.6. The first-order valence-corrected chi connectivity index (χ1v) is 50.6. The zero-order chi connectivity index (χ0) is 84.6. The Morgan fingerprint density at radius 2 is 0.805 bits per heavy atom. The molecule has 0 radical (unpaired) electrons. The van der Waals surface area contributed by atoms with Crippen molar-refractivity contribution in [2.45, 2.75) is 309 Å². The molecule has 5 saturated heterocycles. The quantitative estimate of drug-likeness (QED) is 0.0384. The Morgan fingerprint density at radius 1 is 0.407 bits per heavy atom. The third-order valence-electron chi connectivity index (χ3n) is 28.2. The summed E-state index contributed by atoms with van der Waals surface area (Å²) in [5.41, 5.74) is 6.08. The highest BCUT2D eigenvalue weighted by molar-refractivity contribution is 7.88. The van der Waals surface area contributed by atoms with Gasteiger partial charge < -0.3 is 54.8 Å². The van der Waals surface area contributed by atoms with Gasteiger partial charge in [-0.2, -0.15) is 42.1 Å². The third kappa shape index (κ3) is 21.0. The van der Waals surface area contributed by atoms with Crippen molar-refractivity contribution in [3.8, 4) is 28.7 Å². The Hall–Kier alpha value is -5.76. The van der Waals surface area contributed by atoms with Gasteiger partial charge >= 0.3 is 50.6 Å². The largest absolute Gasteiger partial charge is 0.392 e. The number of fused-ring (bicyclic) bond motifs is 10. The minimum atomic E-state index is -3.87. The maximum absolute atomic E-state index is 12.7. The predicted molar refractivity (Wildman–Crippen MR) is 450 cm³/mol. The molecule has 5 heterocycles. The number of ketones is 1. The fourth-order valence-corrected chi connectivity index (χ4v) is 26.1. The first-order valence-electron chi connectivity index (χ1n) is 43.3. The minimum Gasteiger partial charge on any atom is -0.392 e. The monoisotopic (exact) mass is 1730 g/mol. The normalized spacial score (nSPS) is 32.8. The zero-order valence-electron chi connectivity index (χ0n) is 70.0. The van der Waals surface area contributed by atoms with Crippen molar-refractivity contribution in [2.24, 2.45) is 40.9 Å². The minimum absolute atomic E-state index is 0.000412. The second-order valence-electron chi connectivity index (χ2n) is 35.9. The topological polar surface area (TPSA) is 330 Å². The van der Waals surface area contributed by atoms with Crippen LogP contribution in [0.3, 0.4) is 0 Å². The molecular formula is C90H124O23S5. The molecule has 652 valence electrons. The standard InChI is InChI=1S/C20H26O5S.C19H28O4S.C18H26O4S.C17H22O5S.C16H22O5S/c1-3-12(2)13-4-6-15(7-5-13)25-26(22,23)16-8-9-17-14(10-16)11-18(21)20-19(17)24-20;1-3-14(2)15-4-8-18(9-5-15)23-24(20,21)19-10-6-16(7-11-19)17-12-22-13-17;1-4-13(2)14-5-7-15(8-6-14)22-23(19,20)16-9-10-18(3)12-21-17(18)11-16;1-3-9(2)10-4-6-11(7-5-10)22-23(19,20)17-13-8-12(14(17)18)15-16(13)21-15;1-3-10(2)11-4-6-12(7-5-11)21-22(18,19)16-9-15-14(20-15)8-13(16)17/h4-7,12,14,16-17,19-20H,3,8-11H2,1-2H3;4-5,8-9,14,16-17,19H,3,6-7,10-13H2,1-2H3;5-8,13,16-17H,4,9-12H2,1-3H3;4-7,9,12-18H,3,8H2,1-2H3;4-7,10,13-17H,3,8-9H2,1-2H3. The second kappa shape index (κ2) is 37.4. The number of hydrogen-bond acceptors (Lipinski definition) is 23. The summed E-state index contributed by atoms with van der Waals surface area (Å²) in [5, 5.41) is 17.1. The van der Waals surface area contributed by atoms with Crippen LogP contribution in [0.2, 0.25) is 0 Å². The Balaban J connectivity index is 0.000000128. The van der Waals surface area contributed by atoms with Gasteiger partial charge in [-0.15, -0.1) is 0 Å². The highest BCUT2D eigenvalue weighted by Gasteiger charge is 2.71. The predicted octanol–water partition coefficient (Wildman–Crippen LogP) is 15.7. The number of aliphatic hydroxyl groups excluding tert-OH is 2. The van der Waals surface area contributed by atoms with E-state index in [4.69, 9.17) is 44.6 Å². The number of ether oxygens (including phenoxy) is 5. The number of epoxide rings is 3. The highest BCUT2D eigenvalue weighted by Crippen LogP contribution is 2.59. The average Bonchev–Trinajstić information content (AvgIpc) is 1.53. The second-order valence-corrected chi connectivity index (χ2v) is 44.8. The van der Waals surface area contributed by atoms with Crippen molar-refractivity contribution in [3.63, 3.8) is 0 Å². The van der Waals surface area contributed by atoms with Crippen molar-refractivity contribution in [3.05, 3.63) is 149 Å². The summed E-state index contributed by atoms with van der Waals surface area (Å²) in [6, 6.07) is 36.5. The molecule has 5 aromatic rings. The van der Waals surface area contributed by atoms with Crippen LogP contribution in [0.4, 0.5) is 0 Å². The van der Waals surface area contributed by atoms with Crippen molar-refractivity contribution >= 4 is 56.4 Å². The number of rotatable bonds is 26. The summed E-state index contributed by atoms with van der Waals surface area (Å²) in [6.07, 6.45) is 12.5. The molecule has 2 bridgehead atoms. The molecule has 2 N–H and O–H groups in total. The number of carbonyl (C=O) groups is 1. The van der Waals surface area contributed by atoms with E-state index in [0.717, 1.165) is 95.2 Å². The van der Waals surface area contributed by atoms with Crippen LogP contribution in [0.5, 0.6) is 28.7 Å². The van der Waals surface area contributed by atoms with Crippen molar-refractivity contribution in [1.29, 1.82) is 0 Å². The lowest BCUT2D eigenvalue weighted by Gasteiger charge is -2.51. The van der Waals surface area contributed by atoms with Crippen LogP contribution in [0, 0.1) is 40.9 Å². The van der Waals surface area contributed by atoms with E-state index in [-0.39, 0.29) is 82.7 Å². The van der Waals surface area contributed by atoms with Crippen LogP contribution in [0.15, 0.2) is 121 Å². The van der Waals surface area contributed by atoms with E-state index in [1.54, 1.807) is 60.7 Å². The van der Waals surface area contributed by atoms with Gasteiger partial charge in [-0.25, -0.2) is 0 Å². The Morgan fingerprint density at radius 3 is 1.20 bits per heavy atom. The van der Waals surface area contributed by atoms with Crippen LogP contribution in [-0.4, -0.2) is 159 Å². The summed E-state index contributed by atoms with van der Waals surface area (Å²) < 4.78 is 179. The molecule has 17 rings (SSSR count). The van der Waals surface area contributed by atoms with Crippen molar-refractivity contribution in [2.75, 3.05) is 19.8 Å². The molecule has 5 aliphatic heterocycles. The molecule has 12 aliphatic rings. The lowest BCUT2D eigenvalue weighted by molar-refractivity contribution is -0.195. The molecule has 7 aliphatic carbocycles. The first kappa shape index (κ1) is 90.0. The fraction of sp³-hybridized carbons (Fsp3) is 0.656. The molecule has 28 heteroatoms. The van der Waals surface area contributed by atoms with Crippen molar-refractivity contribution < 1.29 is 102 Å². The maximum atomic E-state index is 12.7. The van der Waals surface area contributed by atoms with Gasteiger partial charge in [0.2, 0.25) is 0 Å². The van der Waals surface area contributed by atoms with E-state index in [1.807, 2.05) is 60.7 Å². The van der Waals surface area contributed by atoms with Crippen LogP contribution in [0.1, 0.15) is 256 Å². The average molecular weight is 1730 g/mol. The lowest BCUT2D eigenvalue weighted by atomic mass is 9.70. The van der Waals surface area contributed by atoms with Crippen molar-refractivity contribution in [1.82, 2.24) is 0 Å². The number of hydrogen-bond donors (Lipinski definition) is 2. The van der Waals surface area contributed by atoms with Gasteiger partial charge in [0.05, 0.1) is 84.4 Å². The van der Waals surface area contributed by atoms with E-state index < -0.39 is 83.8 Å². The van der Waals surface area contributed by atoms with E-state index in [1.165, 1.54) is 16.7 Å². The van der Waals surface area contributed by atoms with Crippen LogP contribution in [-0.2, 0) is 79.1 Å². The van der Waals surface area contributed by atoms with Gasteiger partial charge in [0, 0.05) is 36.0 Å². The molecule has 12 fully saturated rings. The molecule has 5 aromatic carbocycles. The van der Waals surface area contributed by atoms with E-state index >= 15 is 0 Å². The van der Waals surface area contributed by atoms with Gasteiger partial charge in [-0.05, 0) is 245 Å². The van der Waals surface area contributed by atoms with Crippen LogP contribution >= 0.6 is 0 Å². The summed E-state index contributed by atoms with van der Waals surface area (Å²) in [6.45, 7) is 26.0. The number of aliphatic hydroxyl groups is 2. The molecule has 0 spiro atoms. The summed E-state index contributed by atoms with van der Waals surface area (Å²) in [5.74, 6) is 5.67. The molecular weight excluding hydrogens is 1610 g/mol. The molecule has 0 amide bonds. The molecule has 23 atom stereocenters. The molecule has 23 unspecified atom stereocenters. The van der Waals surface area contributed by atoms with Gasteiger partial charge in [0.25, 0.3) is 0 Å². The van der Waals surface area contributed by atoms with Crippen LogP contribution in [0.25, 0.3) is 0 Å². The van der Waals surface area contributed by atoms with E-state index in [2.05, 4.69) is 76.2 Å². The Bertz CT molecular complexity index is 4790. The Labute approximate surface area is 701 Å². The van der Waals surface area contributed by atoms with Gasteiger partial charge in [0.15, 0.2) is 5.78 Å². The Kier molecular flexibility index (Phi) is 28.5. The molecule has 118 heavy (non-hydrogen) atoms. The molecule has 0 aromatic heterocycles. The van der Waals surface area contributed by atoms with E-state index in [9.17, 15) is 57.1 Å². The number of Topliss-reactive ketones (excluding diaryl/α,β-unsaturated/α-hetero) is 1. The van der Waals surface area contributed by atoms with Gasteiger partial charge in [-0.3, -0.25) is 4.79 Å². The zero-order valence-corrected chi connectivity index (χ0v) is 74.1. The fourth-order valence-electron chi connectivity index (χ4n) is 18.9. The molecule has 23 nitrogen and oxygen atoms in total. The van der Waals surface area contributed by atoms with Gasteiger partial charge in [0.1, 0.15) is 45.4 Å². The maximum Gasteiger partial charge on any atom is 0.315 e. The lowest BCUT2D eigenvalue weighted by Crippen LogP contribution is -2.55. The third-order valence-corrected chi connectivity index (χ3v) is 36.6. The number of carbonyl (C=O) groups excluding carboxylic acids is 1. The number of benzene rings is 5. The smallest absolute Gasteiger partial charge is 0.315 e.